The van der Waals surface area contributed by atoms with E-state index in [1.54, 1.807) is 18.9 Å². The first-order chi connectivity index (χ1) is 21.9. The molecule has 0 aliphatic carbocycles. The zero-order chi connectivity index (χ0) is 31.5. The van der Waals surface area contributed by atoms with E-state index in [1.165, 1.54) is 20.8 Å². The second kappa shape index (κ2) is 13.0. The molecule has 1 fully saturated rings. The van der Waals surface area contributed by atoms with Gasteiger partial charge >= 0.3 is 281 Å². The van der Waals surface area contributed by atoms with Crippen molar-refractivity contribution in [1.29, 1.82) is 0 Å². The van der Waals surface area contributed by atoms with E-state index in [0.717, 1.165) is 11.1 Å². The molecule has 2 aliphatic heterocycles. The van der Waals surface area contributed by atoms with Gasteiger partial charge in [0.25, 0.3) is 0 Å². The molecule has 2 aliphatic rings. The molecule has 1 saturated heterocycles. The number of hydrogen-bond acceptors (Lipinski definition) is 6. The molecule has 4 aromatic carbocycles. The molecule has 1 N–H and O–H groups in total. The van der Waals surface area contributed by atoms with Gasteiger partial charge in [-0.05, 0) is 0 Å². The molecule has 2 amide bonds. The van der Waals surface area contributed by atoms with Crippen molar-refractivity contribution in [2.75, 3.05) is 19.0 Å². The molecular formula is C35H32IN2O5PS. The van der Waals surface area contributed by atoms with Crippen LogP contribution in [0.25, 0.3) is 0 Å². The fraction of sp³-hybridized carbons (Fsp3) is 0.171. The summed E-state index contributed by atoms with van der Waals surface area (Å²) < 4.78 is 7.83. The van der Waals surface area contributed by atoms with E-state index in [2.05, 4.69) is 100 Å². The summed E-state index contributed by atoms with van der Waals surface area (Å²) in [5.74, 6) is 0.338. The first-order valence-corrected chi connectivity index (χ1v) is 20.7. The predicted molar refractivity (Wildman–Crippen MR) is 190 cm³/mol. The molecular weight excluding hydrogens is 718 g/mol. The molecule has 0 aromatic heterocycles. The Morgan fingerprint density at radius 1 is 0.911 bits per heavy atom. The summed E-state index contributed by atoms with van der Waals surface area (Å²) in [4.78, 5) is 40.5. The number of carbonyl (C=O) groups excluding carboxylic acids is 3. The monoisotopic (exact) mass is 750 g/mol. The molecule has 0 radical (unpaired) electrons. The van der Waals surface area contributed by atoms with Gasteiger partial charge in [-0.15, -0.1) is 0 Å². The number of halogens is 1. The SMILES string of the molecule is COc1ccc(COC(=O)C2=C(CP(I)(c3ccccc3)(c3ccccc3)c3ccccc3)CSC3C(NC=O)C(=O)N23)cc1. The number of β-lactam (4-membered cyclic amide) rings is 1. The van der Waals surface area contributed by atoms with Gasteiger partial charge in [-0.25, -0.2) is 0 Å². The van der Waals surface area contributed by atoms with Gasteiger partial charge in [-0.1, -0.05) is 0 Å². The van der Waals surface area contributed by atoms with Crippen molar-refractivity contribution in [3.63, 3.8) is 0 Å². The minimum atomic E-state index is -3.34. The Hall–Kier alpha value is -3.66. The molecule has 45 heavy (non-hydrogen) atoms. The van der Waals surface area contributed by atoms with Crippen molar-refractivity contribution in [3.05, 3.63) is 132 Å². The van der Waals surface area contributed by atoms with Crippen LogP contribution in [0.15, 0.2) is 127 Å². The van der Waals surface area contributed by atoms with E-state index in [4.69, 9.17) is 9.47 Å². The van der Waals surface area contributed by atoms with Crippen molar-refractivity contribution in [3.8, 4) is 5.75 Å². The summed E-state index contributed by atoms with van der Waals surface area (Å²) in [6.45, 7) is 0.0410. The summed E-state index contributed by atoms with van der Waals surface area (Å²) >= 11 is 4.25. The molecule has 0 spiro atoms. The van der Waals surface area contributed by atoms with Crippen LogP contribution in [0, 0.1) is 0 Å². The van der Waals surface area contributed by atoms with Crippen molar-refractivity contribution < 1.29 is 23.9 Å². The number of esters is 1. The molecule has 4 aromatic rings. The van der Waals surface area contributed by atoms with Gasteiger partial charge in [0.15, 0.2) is 0 Å². The zero-order valence-electron chi connectivity index (χ0n) is 24.5. The molecule has 230 valence electrons. The predicted octanol–water partition coefficient (Wildman–Crippen LogP) is 4.90. The van der Waals surface area contributed by atoms with E-state index in [1.807, 2.05) is 42.5 Å². The first-order valence-electron chi connectivity index (χ1n) is 14.4. The average Bonchev–Trinajstić information content (AvgIpc) is 3.10. The van der Waals surface area contributed by atoms with Gasteiger partial charge in [0, 0.05) is 0 Å². The maximum atomic E-state index is 14.1. The third kappa shape index (κ3) is 5.55. The van der Waals surface area contributed by atoms with Crippen LogP contribution in [0.5, 0.6) is 5.75 Å². The number of rotatable bonds is 11. The van der Waals surface area contributed by atoms with E-state index in [9.17, 15) is 14.4 Å². The maximum absolute atomic E-state index is 14.1. The van der Waals surface area contributed by atoms with Crippen molar-refractivity contribution >= 4 is 72.2 Å². The number of carbonyl (C=O) groups is 3. The third-order valence-corrected chi connectivity index (χ3v) is 20.9. The van der Waals surface area contributed by atoms with Gasteiger partial charge in [0.2, 0.25) is 0 Å². The number of thioether (sulfide) groups is 1. The second-order valence-corrected chi connectivity index (χ2v) is 22.6. The van der Waals surface area contributed by atoms with Gasteiger partial charge in [0.1, 0.15) is 0 Å². The summed E-state index contributed by atoms with van der Waals surface area (Å²) in [5, 5.41) is 5.75. The van der Waals surface area contributed by atoms with Crippen molar-refractivity contribution in [1.82, 2.24) is 10.2 Å². The Morgan fingerprint density at radius 3 is 1.93 bits per heavy atom. The number of nitrogens with one attached hydrogen (secondary N) is 1. The molecule has 7 nitrogen and oxygen atoms in total. The van der Waals surface area contributed by atoms with Crippen LogP contribution in [-0.4, -0.2) is 53.6 Å². The number of methoxy groups -OCH3 is 1. The number of fused-ring (bicyclic) bond motifs is 1. The molecule has 2 heterocycles. The van der Waals surface area contributed by atoms with Crippen LogP contribution in [0.1, 0.15) is 5.56 Å². The Kier molecular flexibility index (Phi) is 9.04. The van der Waals surface area contributed by atoms with Crippen LogP contribution in [0.2, 0.25) is 0 Å². The Labute approximate surface area is 279 Å². The number of hydrogen-bond donors (Lipinski definition) is 1. The second-order valence-electron chi connectivity index (χ2n) is 10.9. The van der Waals surface area contributed by atoms with Crippen LogP contribution >= 0.6 is 38.0 Å². The van der Waals surface area contributed by atoms with Crippen LogP contribution in [0.4, 0.5) is 0 Å². The summed E-state index contributed by atoms with van der Waals surface area (Å²) in [5.41, 5.74) is 1.92. The number of ether oxygens (including phenoxy) is 2. The van der Waals surface area contributed by atoms with E-state index in [-0.39, 0.29) is 23.6 Å². The van der Waals surface area contributed by atoms with Crippen molar-refractivity contribution in [2.24, 2.45) is 0 Å². The third-order valence-electron chi connectivity index (χ3n) is 8.39. The fourth-order valence-corrected chi connectivity index (χ4v) is 16.6. The number of nitrogens with zero attached hydrogens (tertiary/aromatic N) is 1. The number of benzene rings is 4. The summed E-state index contributed by atoms with van der Waals surface area (Å²) in [6.07, 6.45) is 1.06. The van der Waals surface area contributed by atoms with E-state index >= 15 is 0 Å². The molecule has 2 atom stereocenters. The summed E-state index contributed by atoms with van der Waals surface area (Å²) in [7, 11) is 1.60. The van der Waals surface area contributed by atoms with Gasteiger partial charge in [0.05, 0.1) is 0 Å². The summed E-state index contributed by atoms with van der Waals surface area (Å²) in [6, 6.07) is 38.0. The molecule has 0 saturated carbocycles. The number of amides is 2. The normalized spacial score (nSPS) is 18.6. The van der Waals surface area contributed by atoms with Gasteiger partial charge < -0.3 is 0 Å². The molecule has 10 heteroatoms. The fourth-order valence-electron chi connectivity index (χ4n) is 6.12. The van der Waals surface area contributed by atoms with Gasteiger partial charge in [-0.2, -0.15) is 0 Å². The van der Waals surface area contributed by atoms with E-state index in [0.29, 0.717) is 24.1 Å². The van der Waals surface area contributed by atoms with Crippen LogP contribution < -0.4 is 26.0 Å². The minimum absolute atomic E-state index is 0.0410. The standard InChI is InChI=1S/C35H32IN2O5PS/c1-42-27-19-17-25(18-20-27)21-43-35(41)32-26(23-45-34-31(37-24-39)33(40)38(32)34)22-44(36,28-11-5-2-6-12-28,29-13-7-3-8-14-29)30-15-9-4-10-16-30/h2-20,24,31,34H,21-23H2,1H3,(H,37,39). The van der Waals surface area contributed by atoms with E-state index < -0.39 is 16.3 Å². The quantitative estimate of drug-likeness (QED) is 0.0773. The Balaban J connectivity index is 1.50. The first kappa shape index (κ1) is 31.3. The zero-order valence-corrected chi connectivity index (χ0v) is 28.4. The van der Waals surface area contributed by atoms with Crippen LogP contribution in [0.3, 0.4) is 0 Å². The molecule has 0 bridgehead atoms. The van der Waals surface area contributed by atoms with Crippen LogP contribution in [-0.2, 0) is 25.7 Å². The van der Waals surface area contributed by atoms with Gasteiger partial charge in [-0.3, -0.25) is 0 Å². The van der Waals surface area contributed by atoms with Crippen molar-refractivity contribution in [2.45, 2.75) is 18.0 Å². The molecule has 2 unspecified atom stereocenters. The Morgan fingerprint density at radius 2 is 1.44 bits per heavy atom. The average molecular weight is 751 g/mol. The molecule has 6 rings (SSSR count). The topological polar surface area (TPSA) is 84.9 Å². The Bertz CT molecular complexity index is 1640.